The number of carbonyl (C=O) groups is 1. The first-order chi connectivity index (χ1) is 17.4. The number of methoxy groups -OCH3 is 1. The van der Waals surface area contributed by atoms with Gasteiger partial charge in [-0.05, 0) is 96.5 Å². The molecule has 36 heavy (non-hydrogen) atoms. The molecule has 1 aliphatic heterocycles. The van der Waals surface area contributed by atoms with Crippen LogP contribution in [0.2, 0.25) is 0 Å². The zero-order valence-electron chi connectivity index (χ0n) is 21.3. The van der Waals surface area contributed by atoms with Gasteiger partial charge in [-0.25, -0.2) is 4.79 Å². The fourth-order valence-corrected chi connectivity index (χ4v) is 5.47. The minimum absolute atomic E-state index is 0.312. The van der Waals surface area contributed by atoms with Gasteiger partial charge in [-0.15, -0.1) is 0 Å². The number of aryl methyl sites for hydroxylation is 1. The van der Waals surface area contributed by atoms with Crippen LogP contribution in [0.1, 0.15) is 52.9 Å². The van der Waals surface area contributed by atoms with E-state index in [-0.39, 0.29) is 0 Å². The van der Waals surface area contributed by atoms with E-state index < -0.39 is 5.97 Å². The Morgan fingerprint density at radius 2 is 1.64 bits per heavy atom. The number of anilines is 1. The van der Waals surface area contributed by atoms with E-state index in [1.807, 2.05) is 18.2 Å². The van der Waals surface area contributed by atoms with Crippen molar-refractivity contribution < 1.29 is 14.6 Å². The number of hydrogen-bond acceptors (Lipinski definition) is 4. The molecular formula is C31H34N2O3. The molecule has 3 aromatic carbocycles. The molecular weight excluding hydrogens is 448 g/mol. The van der Waals surface area contributed by atoms with Crippen LogP contribution in [-0.2, 0) is 6.42 Å². The van der Waals surface area contributed by atoms with E-state index in [4.69, 9.17) is 4.74 Å². The lowest BCUT2D eigenvalue weighted by Gasteiger charge is -2.38. The van der Waals surface area contributed by atoms with Gasteiger partial charge in [0.15, 0.2) is 0 Å². The van der Waals surface area contributed by atoms with E-state index in [9.17, 15) is 9.90 Å². The SMILES string of the molecule is COc1ccc2c(c1)C(c1ccc(N3CCN(C(C)C)CC3)cc1)=C(c1cccc(C(=O)O)c1)CC2. The number of piperazine rings is 1. The van der Waals surface area contributed by atoms with E-state index >= 15 is 0 Å². The molecule has 0 unspecified atom stereocenters. The van der Waals surface area contributed by atoms with Crippen molar-refractivity contribution in [3.63, 3.8) is 0 Å². The predicted molar refractivity (Wildman–Crippen MR) is 146 cm³/mol. The molecule has 5 heteroatoms. The van der Waals surface area contributed by atoms with Crippen LogP contribution in [0.3, 0.4) is 0 Å². The molecule has 1 fully saturated rings. The van der Waals surface area contributed by atoms with Crippen molar-refractivity contribution in [2.24, 2.45) is 0 Å². The van der Waals surface area contributed by atoms with Crippen molar-refractivity contribution in [2.75, 3.05) is 38.2 Å². The number of benzene rings is 3. The molecule has 0 aromatic heterocycles. The summed E-state index contributed by atoms with van der Waals surface area (Å²) in [5.41, 5.74) is 8.46. The van der Waals surface area contributed by atoms with Gasteiger partial charge < -0.3 is 14.7 Å². The van der Waals surface area contributed by atoms with E-state index in [0.29, 0.717) is 11.6 Å². The predicted octanol–water partition coefficient (Wildman–Crippen LogP) is 5.83. The lowest BCUT2D eigenvalue weighted by Crippen LogP contribution is -2.48. The monoisotopic (exact) mass is 482 g/mol. The van der Waals surface area contributed by atoms with Gasteiger partial charge >= 0.3 is 5.97 Å². The molecule has 0 atom stereocenters. The Bertz CT molecular complexity index is 1290. The van der Waals surface area contributed by atoms with Crippen LogP contribution >= 0.6 is 0 Å². The molecule has 0 radical (unpaired) electrons. The number of aromatic carboxylic acids is 1. The molecule has 0 saturated carbocycles. The molecule has 5 rings (SSSR count). The summed E-state index contributed by atoms with van der Waals surface area (Å²) >= 11 is 0. The van der Waals surface area contributed by atoms with Crippen LogP contribution in [0.15, 0.2) is 66.7 Å². The van der Waals surface area contributed by atoms with Crippen molar-refractivity contribution in [3.05, 3.63) is 94.5 Å². The standard InChI is InChI=1S/C31H34N2O3/c1-21(2)32-15-17-33(18-16-32)26-11-7-23(8-12-26)30-28(24-5-4-6-25(19-24)31(34)35)14-10-22-9-13-27(36-3)20-29(22)30/h4-9,11-13,19-21H,10,14-18H2,1-3H3,(H,34,35). The van der Waals surface area contributed by atoms with Gasteiger partial charge in [0, 0.05) is 37.9 Å². The number of allylic oxidation sites excluding steroid dienone is 1. The molecule has 186 valence electrons. The Labute approximate surface area is 213 Å². The van der Waals surface area contributed by atoms with E-state index in [1.54, 1.807) is 19.2 Å². The third kappa shape index (κ3) is 4.76. The molecule has 0 bridgehead atoms. The lowest BCUT2D eigenvalue weighted by molar-refractivity contribution is 0.0697. The highest BCUT2D eigenvalue weighted by Gasteiger charge is 2.24. The largest absolute Gasteiger partial charge is 0.497 e. The highest BCUT2D eigenvalue weighted by molar-refractivity contribution is 6.02. The Morgan fingerprint density at radius 3 is 2.31 bits per heavy atom. The van der Waals surface area contributed by atoms with Crippen molar-refractivity contribution >= 4 is 22.8 Å². The van der Waals surface area contributed by atoms with Crippen molar-refractivity contribution in [1.29, 1.82) is 0 Å². The van der Waals surface area contributed by atoms with Gasteiger partial charge in [-0.1, -0.05) is 30.3 Å². The molecule has 1 aliphatic carbocycles. The van der Waals surface area contributed by atoms with Crippen LogP contribution in [0, 0.1) is 0 Å². The highest BCUT2D eigenvalue weighted by Crippen LogP contribution is 2.42. The fraction of sp³-hybridized carbons (Fsp3) is 0.323. The summed E-state index contributed by atoms with van der Waals surface area (Å²) in [6.45, 7) is 8.77. The summed E-state index contributed by atoms with van der Waals surface area (Å²) in [7, 11) is 1.69. The Balaban J connectivity index is 1.56. The van der Waals surface area contributed by atoms with Crippen LogP contribution < -0.4 is 9.64 Å². The second-order valence-electron chi connectivity index (χ2n) is 9.93. The normalized spacial score (nSPS) is 16.3. The Hall–Kier alpha value is -3.57. The third-order valence-electron chi connectivity index (χ3n) is 7.56. The third-order valence-corrected chi connectivity index (χ3v) is 7.56. The Morgan fingerprint density at radius 1 is 0.889 bits per heavy atom. The quantitative estimate of drug-likeness (QED) is 0.479. The zero-order chi connectivity index (χ0) is 25.2. The number of ether oxygens (including phenoxy) is 1. The van der Waals surface area contributed by atoms with Gasteiger partial charge in [-0.2, -0.15) is 0 Å². The van der Waals surface area contributed by atoms with Crippen LogP contribution in [0.4, 0.5) is 5.69 Å². The number of rotatable bonds is 6. The number of nitrogens with zero attached hydrogens (tertiary/aromatic N) is 2. The van der Waals surface area contributed by atoms with Gasteiger partial charge in [0.2, 0.25) is 0 Å². The molecule has 0 spiro atoms. The summed E-state index contributed by atoms with van der Waals surface area (Å²) in [5.74, 6) is -0.0785. The topological polar surface area (TPSA) is 53.0 Å². The minimum Gasteiger partial charge on any atom is -0.497 e. The second-order valence-corrected chi connectivity index (χ2v) is 9.93. The molecule has 2 aliphatic rings. The molecule has 1 saturated heterocycles. The number of hydrogen-bond donors (Lipinski definition) is 1. The molecule has 1 N–H and O–H groups in total. The zero-order valence-corrected chi connectivity index (χ0v) is 21.3. The molecule has 5 nitrogen and oxygen atoms in total. The average molecular weight is 483 g/mol. The summed E-state index contributed by atoms with van der Waals surface area (Å²) in [6, 6.07) is 23.1. The lowest BCUT2D eigenvalue weighted by atomic mass is 9.79. The van der Waals surface area contributed by atoms with E-state index in [1.165, 1.54) is 16.8 Å². The van der Waals surface area contributed by atoms with Crippen LogP contribution in [-0.4, -0.2) is 55.3 Å². The highest BCUT2D eigenvalue weighted by atomic mass is 16.5. The summed E-state index contributed by atoms with van der Waals surface area (Å²) in [5, 5.41) is 9.58. The summed E-state index contributed by atoms with van der Waals surface area (Å²) < 4.78 is 5.57. The number of carboxylic acid groups (broad SMARTS) is 1. The number of carboxylic acids is 1. The second kappa shape index (κ2) is 10.2. The maximum absolute atomic E-state index is 11.7. The fourth-order valence-electron chi connectivity index (χ4n) is 5.47. The van der Waals surface area contributed by atoms with Gasteiger partial charge in [-0.3, -0.25) is 4.90 Å². The first kappa shape index (κ1) is 24.1. The van der Waals surface area contributed by atoms with Crippen molar-refractivity contribution in [1.82, 2.24) is 4.90 Å². The average Bonchev–Trinajstić information content (AvgIpc) is 2.92. The number of fused-ring (bicyclic) bond motifs is 1. The minimum atomic E-state index is -0.904. The summed E-state index contributed by atoms with van der Waals surface area (Å²) in [6.07, 6.45) is 1.77. The smallest absolute Gasteiger partial charge is 0.335 e. The van der Waals surface area contributed by atoms with Gasteiger partial charge in [0.25, 0.3) is 0 Å². The Kier molecular flexibility index (Phi) is 6.84. The van der Waals surface area contributed by atoms with Gasteiger partial charge in [0.1, 0.15) is 5.75 Å². The molecule has 1 heterocycles. The molecule has 3 aromatic rings. The van der Waals surface area contributed by atoms with E-state index in [0.717, 1.165) is 67.0 Å². The molecule has 0 amide bonds. The van der Waals surface area contributed by atoms with Crippen molar-refractivity contribution in [3.8, 4) is 5.75 Å². The van der Waals surface area contributed by atoms with Crippen LogP contribution in [0.5, 0.6) is 5.75 Å². The van der Waals surface area contributed by atoms with E-state index in [2.05, 4.69) is 60.0 Å². The maximum atomic E-state index is 11.7. The first-order valence-electron chi connectivity index (χ1n) is 12.8. The van der Waals surface area contributed by atoms with Crippen molar-refractivity contribution in [2.45, 2.75) is 32.7 Å². The van der Waals surface area contributed by atoms with Gasteiger partial charge in [0.05, 0.1) is 12.7 Å². The first-order valence-corrected chi connectivity index (χ1v) is 12.8. The summed E-state index contributed by atoms with van der Waals surface area (Å²) in [4.78, 5) is 16.7. The van der Waals surface area contributed by atoms with Crippen LogP contribution in [0.25, 0.3) is 11.1 Å². The maximum Gasteiger partial charge on any atom is 0.335 e.